The van der Waals surface area contributed by atoms with E-state index in [1.54, 1.807) is 12.1 Å². The Balaban J connectivity index is 2.85. The minimum absolute atomic E-state index is 0.0801. The summed E-state index contributed by atoms with van der Waals surface area (Å²) in [7, 11) is 4.59. The van der Waals surface area contributed by atoms with Gasteiger partial charge in [-0.15, -0.1) is 0 Å². The summed E-state index contributed by atoms with van der Waals surface area (Å²) in [5, 5.41) is 0. The molecule has 1 rings (SSSR count). The highest BCUT2D eigenvalue weighted by molar-refractivity contribution is 5.50. The number of rotatable bonds is 9. The molecule has 0 amide bonds. The van der Waals surface area contributed by atoms with E-state index in [1.165, 1.54) is 21.3 Å². The van der Waals surface area contributed by atoms with Crippen molar-refractivity contribution in [2.24, 2.45) is 0 Å². The Hall–Kier alpha value is -1.50. The number of ether oxygens (including phenoxy) is 6. The highest BCUT2D eigenvalue weighted by Gasteiger charge is 2.13. The van der Waals surface area contributed by atoms with Crippen LogP contribution in [-0.2, 0) is 14.2 Å². The van der Waals surface area contributed by atoms with Gasteiger partial charge in [0.2, 0.25) is 5.75 Å². The van der Waals surface area contributed by atoms with E-state index in [9.17, 15) is 0 Å². The summed E-state index contributed by atoms with van der Waals surface area (Å²) in [4.78, 5) is 0. The summed E-state index contributed by atoms with van der Waals surface area (Å²) in [5.74, 6) is 1.34. The maximum atomic E-state index is 5.41. The zero-order valence-electron chi connectivity index (χ0n) is 10.7. The Bertz CT molecular complexity index is 315. The van der Waals surface area contributed by atoms with Gasteiger partial charge in [0.15, 0.2) is 31.9 Å². The minimum Gasteiger partial charge on any atom is -0.463 e. The van der Waals surface area contributed by atoms with E-state index in [2.05, 4.69) is 6.07 Å². The largest absolute Gasteiger partial charge is 0.463 e. The average Bonchev–Trinajstić information content (AvgIpc) is 2.41. The van der Waals surface area contributed by atoms with Crippen molar-refractivity contribution >= 4 is 0 Å². The SMILES string of the molecule is COCOc1c[c]cc(OCOC)c1OCOC. The smallest absolute Gasteiger partial charge is 0.206 e. The molecule has 0 N–H and O–H groups in total. The van der Waals surface area contributed by atoms with Crippen LogP contribution >= 0.6 is 0 Å². The third-order valence-electron chi connectivity index (χ3n) is 1.86. The van der Waals surface area contributed by atoms with Crippen LogP contribution in [0.1, 0.15) is 0 Å². The van der Waals surface area contributed by atoms with E-state index in [0.29, 0.717) is 17.2 Å². The zero-order valence-corrected chi connectivity index (χ0v) is 10.7. The van der Waals surface area contributed by atoms with Gasteiger partial charge in [-0.2, -0.15) is 0 Å². The first-order valence-corrected chi connectivity index (χ1v) is 5.22. The summed E-state index contributed by atoms with van der Waals surface area (Å²) in [6.45, 7) is 0.284. The topological polar surface area (TPSA) is 55.4 Å². The van der Waals surface area contributed by atoms with Crippen molar-refractivity contribution in [1.29, 1.82) is 0 Å². The summed E-state index contributed by atoms with van der Waals surface area (Å²) in [5.41, 5.74) is 0. The standard InChI is InChI=1S/C12H17O6/c1-13-7-16-10-5-4-6-11(17-8-14-2)12(10)18-9-15-3/h5-6H,7-9H2,1-3H3. The third-order valence-corrected chi connectivity index (χ3v) is 1.86. The Labute approximate surface area is 106 Å². The van der Waals surface area contributed by atoms with Gasteiger partial charge in [0, 0.05) is 21.3 Å². The maximum absolute atomic E-state index is 5.41. The van der Waals surface area contributed by atoms with Crippen molar-refractivity contribution in [1.82, 2.24) is 0 Å². The molecule has 0 heterocycles. The fraction of sp³-hybridized carbons (Fsp3) is 0.500. The van der Waals surface area contributed by atoms with E-state index in [0.717, 1.165) is 0 Å². The first-order valence-electron chi connectivity index (χ1n) is 5.22. The first kappa shape index (κ1) is 14.6. The highest BCUT2D eigenvalue weighted by atomic mass is 16.7. The molecule has 6 heteroatoms. The Morgan fingerprint density at radius 3 is 1.67 bits per heavy atom. The van der Waals surface area contributed by atoms with Crippen LogP contribution in [0.15, 0.2) is 12.1 Å². The van der Waals surface area contributed by atoms with Crippen LogP contribution in [0.4, 0.5) is 0 Å². The second-order valence-corrected chi connectivity index (χ2v) is 3.17. The molecule has 0 aliphatic heterocycles. The Kier molecular flexibility index (Phi) is 6.93. The minimum atomic E-state index is 0.0801. The molecule has 18 heavy (non-hydrogen) atoms. The van der Waals surface area contributed by atoms with E-state index in [-0.39, 0.29) is 20.4 Å². The molecule has 1 radical (unpaired) electrons. The van der Waals surface area contributed by atoms with Gasteiger partial charge in [-0.05, 0) is 18.2 Å². The summed E-state index contributed by atoms with van der Waals surface area (Å²) >= 11 is 0. The fourth-order valence-electron chi connectivity index (χ4n) is 1.16. The van der Waals surface area contributed by atoms with Gasteiger partial charge in [-0.1, -0.05) is 0 Å². The van der Waals surface area contributed by atoms with Crippen molar-refractivity contribution in [2.45, 2.75) is 0 Å². The number of hydrogen-bond donors (Lipinski definition) is 0. The van der Waals surface area contributed by atoms with Gasteiger partial charge in [0.05, 0.1) is 0 Å². The molecule has 0 aliphatic carbocycles. The first-order chi connectivity index (χ1) is 8.83. The molecular weight excluding hydrogens is 240 g/mol. The second-order valence-electron chi connectivity index (χ2n) is 3.17. The van der Waals surface area contributed by atoms with Gasteiger partial charge in [0.1, 0.15) is 0 Å². The molecule has 1 aromatic carbocycles. The van der Waals surface area contributed by atoms with Gasteiger partial charge in [0.25, 0.3) is 0 Å². The van der Waals surface area contributed by atoms with Crippen LogP contribution in [0.3, 0.4) is 0 Å². The van der Waals surface area contributed by atoms with Crippen molar-refractivity contribution in [3.63, 3.8) is 0 Å². The molecule has 101 valence electrons. The van der Waals surface area contributed by atoms with E-state index in [1.807, 2.05) is 0 Å². The van der Waals surface area contributed by atoms with E-state index < -0.39 is 0 Å². The number of hydrogen-bond acceptors (Lipinski definition) is 6. The average molecular weight is 257 g/mol. The van der Waals surface area contributed by atoms with Gasteiger partial charge < -0.3 is 28.4 Å². The molecule has 1 aromatic rings. The van der Waals surface area contributed by atoms with Crippen LogP contribution in [0, 0.1) is 6.07 Å². The number of benzene rings is 1. The van der Waals surface area contributed by atoms with E-state index >= 15 is 0 Å². The molecule has 6 nitrogen and oxygen atoms in total. The highest BCUT2D eigenvalue weighted by Crippen LogP contribution is 2.37. The third kappa shape index (κ3) is 4.40. The predicted octanol–water partition coefficient (Wildman–Crippen LogP) is 1.43. The van der Waals surface area contributed by atoms with Gasteiger partial charge >= 0.3 is 0 Å². The van der Waals surface area contributed by atoms with Crippen LogP contribution in [-0.4, -0.2) is 41.7 Å². The molecular formula is C12H17O6. The molecule has 0 unspecified atom stereocenters. The van der Waals surface area contributed by atoms with Crippen molar-refractivity contribution in [3.8, 4) is 17.2 Å². The lowest BCUT2D eigenvalue weighted by atomic mass is 10.3. The molecule has 0 saturated carbocycles. The van der Waals surface area contributed by atoms with E-state index in [4.69, 9.17) is 28.4 Å². The van der Waals surface area contributed by atoms with Crippen molar-refractivity contribution in [2.75, 3.05) is 41.7 Å². The fourth-order valence-corrected chi connectivity index (χ4v) is 1.16. The molecule has 0 atom stereocenters. The van der Waals surface area contributed by atoms with Gasteiger partial charge in [-0.25, -0.2) is 0 Å². The monoisotopic (exact) mass is 257 g/mol. The Morgan fingerprint density at radius 1 is 0.778 bits per heavy atom. The van der Waals surface area contributed by atoms with Crippen LogP contribution in [0.25, 0.3) is 0 Å². The maximum Gasteiger partial charge on any atom is 0.206 e. The normalized spacial score (nSPS) is 10.2. The summed E-state index contributed by atoms with van der Waals surface area (Å²) < 4.78 is 30.6. The predicted molar refractivity (Wildman–Crippen MR) is 62.8 cm³/mol. The number of methoxy groups -OCH3 is 3. The zero-order chi connectivity index (χ0) is 13.2. The molecule has 0 fully saturated rings. The second kappa shape index (κ2) is 8.57. The molecule has 0 spiro atoms. The van der Waals surface area contributed by atoms with Crippen LogP contribution in [0.5, 0.6) is 17.2 Å². The van der Waals surface area contributed by atoms with Crippen molar-refractivity contribution < 1.29 is 28.4 Å². The quantitative estimate of drug-likeness (QED) is 0.624. The van der Waals surface area contributed by atoms with Crippen LogP contribution < -0.4 is 14.2 Å². The summed E-state index contributed by atoms with van der Waals surface area (Å²) in [6, 6.07) is 6.14. The van der Waals surface area contributed by atoms with Crippen molar-refractivity contribution in [3.05, 3.63) is 18.2 Å². The lowest BCUT2D eigenvalue weighted by Crippen LogP contribution is -2.07. The van der Waals surface area contributed by atoms with Crippen LogP contribution in [0.2, 0.25) is 0 Å². The Morgan fingerprint density at radius 2 is 1.22 bits per heavy atom. The molecule has 0 aromatic heterocycles. The lowest BCUT2D eigenvalue weighted by Gasteiger charge is -2.15. The van der Waals surface area contributed by atoms with Gasteiger partial charge in [-0.3, -0.25) is 0 Å². The molecule has 0 bridgehead atoms. The summed E-state index contributed by atoms with van der Waals surface area (Å²) in [6.07, 6.45) is 0. The molecule has 0 saturated heterocycles. The lowest BCUT2D eigenvalue weighted by molar-refractivity contribution is 0.0218. The molecule has 0 aliphatic rings.